The number of carbonyl (C=O) groups excluding carboxylic acids is 1. The Balaban J connectivity index is 1.60. The first-order valence-electron chi connectivity index (χ1n) is 9.90. The van der Waals surface area contributed by atoms with Crippen LogP contribution in [0.5, 0.6) is 0 Å². The van der Waals surface area contributed by atoms with Crippen molar-refractivity contribution >= 4 is 27.7 Å². The zero-order valence-corrected chi connectivity index (χ0v) is 18.4. The van der Waals surface area contributed by atoms with Crippen LogP contribution in [-0.2, 0) is 4.74 Å². The number of hydrogen-bond donors (Lipinski definition) is 2. The van der Waals surface area contributed by atoms with Crippen LogP contribution in [0.3, 0.4) is 0 Å². The minimum Gasteiger partial charge on any atom is -0.446 e. The fraction of sp³-hybridized carbons (Fsp3) is 0.435. The van der Waals surface area contributed by atoms with E-state index < -0.39 is 0 Å². The highest BCUT2D eigenvalue weighted by molar-refractivity contribution is 9.10. The van der Waals surface area contributed by atoms with Crippen molar-refractivity contribution in [3.63, 3.8) is 0 Å². The number of halogens is 1. The fourth-order valence-corrected chi connectivity index (χ4v) is 4.08. The minimum absolute atomic E-state index is 0.0228. The second kappa shape index (κ2) is 9.10. The molecule has 0 unspecified atom stereocenters. The molecule has 0 bridgehead atoms. The van der Waals surface area contributed by atoms with Crippen LogP contribution in [0.2, 0.25) is 0 Å². The minimum atomic E-state index is -0.387. The first-order valence-corrected chi connectivity index (χ1v) is 10.7. The van der Waals surface area contributed by atoms with Gasteiger partial charge in [-0.3, -0.25) is 5.32 Å². The maximum atomic E-state index is 12.5. The van der Waals surface area contributed by atoms with E-state index in [1.54, 1.807) is 0 Å². The van der Waals surface area contributed by atoms with Gasteiger partial charge in [-0.15, -0.1) is 0 Å². The van der Waals surface area contributed by atoms with Crippen LogP contribution in [0.1, 0.15) is 46.5 Å². The highest BCUT2D eigenvalue weighted by atomic mass is 79.9. The van der Waals surface area contributed by atoms with Crippen molar-refractivity contribution in [2.75, 3.05) is 5.32 Å². The summed E-state index contributed by atoms with van der Waals surface area (Å²) in [6.07, 6.45) is 3.44. The number of carbonyl (C=O) groups is 1. The maximum Gasteiger partial charge on any atom is 0.411 e. The van der Waals surface area contributed by atoms with Crippen LogP contribution in [0, 0.1) is 0 Å². The van der Waals surface area contributed by atoms with Crippen LogP contribution in [0.25, 0.3) is 11.1 Å². The van der Waals surface area contributed by atoms with Crippen molar-refractivity contribution in [2.24, 2.45) is 0 Å². The average Bonchev–Trinajstić information content (AvgIpc) is 2.63. The Hall–Kier alpha value is -1.85. The summed E-state index contributed by atoms with van der Waals surface area (Å²) in [5, 5.41) is 6.58. The molecule has 0 radical (unpaired) electrons. The number of amides is 1. The van der Waals surface area contributed by atoms with Gasteiger partial charge in [-0.05, 0) is 64.2 Å². The van der Waals surface area contributed by atoms with E-state index in [1.807, 2.05) is 48.5 Å². The number of nitrogens with one attached hydrogen (secondary N) is 2. The number of rotatable bonds is 4. The molecule has 4 nitrogen and oxygen atoms in total. The fourth-order valence-electron chi connectivity index (χ4n) is 3.72. The van der Waals surface area contributed by atoms with E-state index in [2.05, 4.69) is 47.3 Å². The first-order chi connectivity index (χ1) is 13.3. The van der Waals surface area contributed by atoms with E-state index in [1.165, 1.54) is 0 Å². The Kier molecular flexibility index (Phi) is 6.78. The van der Waals surface area contributed by atoms with Crippen molar-refractivity contribution in [1.82, 2.24) is 5.32 Å². The average molecular weight is 445 g/mol. The topological polar surface area (TPSA) is 50.4 Å². The second-order valence-corrected chi connectivity index (χ2v) is 9.37. The lowest BCUT2D eigenvalue weighted by molar-refractivity contribution is 0.0762. The largest absolute Gasteiger partial charge is 0.446 e. The Morgan fingerprint density at radius 1 is 1.04 bits per heavy atom. The molecule has 5 heteroatoms. The van der Waals surface area contributed by atoms with E-state index in [9.17, 15) is 4.79 Å². The monoisotopic (exact) mass is 444 g/mol. The SMILES string of the molecule is CC(C)(C)NC1CCC(OC(=O)Nc2cc(Br)ccc2-c2ccccc2)CC1. The molecule has 2 N–H and O–H groups in total. The zero-order chi connectivity index (χ0) is 20.1. The van der Waals surface area contributed by atoms with Crippen molar-refractivity contribution in [3.8, 4) is 11.1 Å². The van der Waals surface area contributed by atoms with Crippen molar-refractivity contribution in [1.29, 1.82) is 0 Å². The molecule has 0 heterocycles. The van der Waals surface area contributed by atoms with Gasteiger partial charge < -0.3 is 10.1 Å². The Bertz CT molecular complexity index is 794. The number of ether oxygens (including phenoxy) is 1. The molecule has 1 aliphatic carbocycles. The Morgan fingerprint density at radius 3 is 2.36 bits per heavy atom. The van der Waals surface area contributed by atoms with E-state index in [0.29, 0.717) is 6.04 Å². The molecular formula is C23H29BrN2O2. The number of anilines is 1. The molecule has 2 aromatic rings. The van der Waals surface area contributed by atoms with Crippen LogP contribution in [0.15, 0.2) is 53.0 Å². The second-order valence-electron chi connectivity index (χ2n) is 8.45. The lowest BCUT2D eigenvalue weighted by atomic mass is 9.91. The maximum absolute atomic E-state index is 12.5. The predicted molar refractivity (Wildman–Crippen MR) is 119 cm³/mol. The molecule has 28 heavy (non-hydrogen) atoms. The Labute approximate surface area is 176 Å². The lowest BCUT2D eigenvalue weighted by Crippen LogP contribution is -2.46. The summed E-state index contributed by atoms with van der Waals surface area (Å²) in [6, 6.07) is 16.4. The number of benzene rings is 2. The molecule has 1 amide bonds. The van der Waals surface area contributed by atoms with Crippen LogP contribution in [-0.4, -0.2) is 23.8 Å². The molecule has 1 saturated carbocycles. The first kappa shape index (κ1) is 20.9. The van der Waals surface area contributed by atoms with Gasteiger partial charge in [-0.1, -0.05) is 52.3 Å². The highest BCUT2D eigenvalue weighted by Crippen LogP contribution is 2.31. The lowest BCUT2D eigenvalue weighted by Gasteiger charge is -2.34. The third-order valence-corrected chi connectivity index (χ3v) is 5.38. The van der Waals surface area contributed by atoms with Gasteiger partial charge in [0.25, 0.3) is 0 Å². The molecule has 1 aliphatic rings. The molecule has 0 atom stereocenters. The smallest absolute Gasteiger partial charge is 0.411 e. The summed E-state index contributed by atoms with van der Waals surface area (Å²) in [5.41, 5.74) is 2.89. The van der Waals surface area contributed by atoms with Crippen LogP contribution in [0.4, 0.5) is 10.5 Å². The van der Waals surface area contributed by atoms with Crippen molar-refractivity contribution in [3.05, 3.63) is 53.0 Å². The standard InChI is InChI=1S/C23H29BrN2O2/c1-23(2,3)26-18-10-12-19(13-11-18)28-22(27)25-21-15-17(24)9-14-20(21)16-7-5-4-6-8-16/h4-9,14-15,18-19,26H,10-13H2,1-3H3,(H,25,27). The van der Waals surface area contributed by atoms with E-state index >= 15 is 0 Å². The van der Waals surface area contributed by atoms with Crippen LogP contribution < -0.4 is 10.6 Å². The molecule has 0 spiro atoms. The van der Waals surface area contributed by atoms with Crippen molar-refractivity contribution < 1.29 is 9.53 Å². The summed E-state index contributed by atoms with van der Waals surface area (Å²) in [6.45, 7) is 6.56. The van der Waals surface area contributed by atoms with Crippen LogP contribution >= 0.6 is 15.9 Å². The van der Waals surface area contributed by atoms with E-state index in [0.717, 1.165) is 47.0 Å². The van der Waals surface area contributed by atoms with Gasteiger partial charge in [-0.25, -0.2) is 4.79 Å². The highest BCUT2D eigenvalue weighted by Gasteiger charge is 2.26. The Morgan fingerprint density at radius 2 is 1.71 bits per heavy atom. The normalized spacial score (nSPS) is 19.9. The van der Waals surface area contributed by atoms with Gasteiger partial charge in [0.05, 0.1) is 5.69 Å². The molecule has 3 rings (SSSR count). The van der Waals surface area contributed by atoms with Gasteiger partial charge in [0.1, 0.15) is 6.10 Å². The van der Waals surface area contributed by atoms with E-state index in [-0.39, 0.29) is 17.7 Å². The molecule has 1 fully saturated rings. The molecule has 0 aromatic heterocycles. The van der Waals surface area contributed by atoms with Gasteiger partial charge in [0, 0.05) is 21.6 Å². The molecule has 150 valence electrons. The summed E-state index contributed by atoms with van der Waals surface area (Å²) in [5.74, 6) is 0. The summed E-state index contributed by atoms with van der Waals surface area (Å²) in [4.78, 5) is 12.5. The summed E-state index contributed by atoms with van der Waals surface area (Å²) in [7, 11) is 0. The van der Waals surface area contributed by atoms with Gasteiger partial charge in [0.15, 0.2) is 0 Å². The summed E-state index contributed by atoms with van der Waals surface area (Å²) < 4.78 is 6.62. The molecular weight excluding hydrogens is 416 g/mol. The summed E-state index contributed by atoms with van der Waals surface area (Å²) >= 11 is 3.49. The predicted octanol–water partition coefficient (Wildman–Crippen LogP) is 6.36. The third-order valence-electron chi connectivity index (χ3n) is 4.89. The molecule has 0 saturated heterocycles. The molecule has 2 aromatic carbocycles. The van der Waals surface area contributed by atoms with Gasteiger partial charge >= 0.3 is 6.09 Å². The van der Waals surface area contributed by atoms with E-state index in [4.69, 9.17) is 4.74 Å². The number of hydrogen-bond acceptors (Lipinski definition) is 3. The van der Waals surface area contributed by atoms with Gasteiger partial charge in [-0.2, -0.15) is 0 Å². The quantitative estimate of drug-likeness (QED) is 0.576. The van der Waals surface area contributed by atoms with Gasteiger partial charge in [0.2, 0.25) is 0 Å². The molecule has 0 aliphatic heterocycles. The zero-order valence-electron chi connectivity index (χ0n) is 16.8. The van der Waals surface area contributed by atoms with Crippen molar-refractivity contribution in [2.45, 2.75) is 64.1 Å². The third kappa shape index (κ3) is 6.08.